The number of halogens is 1. The van der Waals surface area contributed by atoms with Crippen molar-refractivity contribution >= 4 is 41.5 Å². The highest BCUT2D eigenvalue weighted by molar-refractivity contribution is 14.0. The molecule has 1 aromatic carbocycles. The van der Waals surface area contributed by atoms with Crippen LogP contribution in [0, 0.1) is 0 Å². The summed E-state index contributed by atoms with van der Waals surface area (Å²) in [5.74, 6) is 0.802. The average Bonchev–Trinajstić information content (AvgIpc) is 3.24. The molecule has 1 fully saturated rings. The Morgan fingerprint density at radius 1 is 1.17 bits per heavy atom. The zero-order chi connectivity index (χ0) is 19.8. The monoisotopic (exact) mass is 512 g/mol. The highest BCUT2D eigenvalue weighted by Gasteiger charge is 2.19. The van der Waals surface area contributed by atoms with E-state index >= 15 is 0 Å². The molecule has 0 spiro atoms. The molecule has 29 heavy (non-hydrogen) atoms. The Bertz CT molecular complexity index is 770. The zero-order valence-electron chi connectivity index (χ0n) is 16.6. The first kappa shape index (κ1) is 23.2. The first-order valence-electron chi connectivity index (χ1n) is 9.80. The number of aliphatic imine (C=N–C) groups is 1. The number of furan rings is 1. The van der Waals surface area contributed by atoms with Gasteiger partial charge in [0.15, 0.2) is 11.7 Å². The van der Waals surface area contributed by atoms with Crippen LogP contribution in [0.25, 0.3) is 0 Å². The van der Waals surface area contributed by atoms with E-state index in [4.69, 9.17) is 4.42 Å². The number of nitrogens with one attached hydrogen (secondary N) is 3. The predicted molar refractivity (Wildman–Crippen MR) is 125 cm³/mol. The van der Waals surface area contributed by atoms with Gasteiger partial charge in [-0.1, -0.05) is 12.1 Å². The standard InChI is InChI=1S/C21H28N4O3.HI/c1-2-22-21(25-17-9-11-18(26)12-10-17)23-14-15-5-7-16(8-6-15)24-20(27)19-4-3-13-28-19;/h3-8,13,17-18,26H,2,9-12,14H2,1H3,(H,24,27)(H2,22,23,25);1H. The van der Waals surface area contributed by atoms with Crippen LogP contribution < -0.4 is 16.0 Å². The number of rotatable bonds is 6. The topological polar surface area (TPSA) is 98.9 Å². The first-order valence-corrected chi connectivity index (χ1v) is 9.80. The second-order valence-corrected chi connectivity index (χ2v) is 6.97. The Kier molecular flexibility index (Phi) is 9.46. The van der Waals surface area contributed by atoms with Crippen molar-refractivity contribution in [2.24, 2.45) is 4.99 Å². The molecule has 1 aliphatic rings. The summed E-state index contributed by atoms with van der Waals surface area (Å²) < 4.78 is 5.09. The van der Waals surface area contributed by atoms with E-state index in [-0.39, 0.29) is 41.7 Å². The summed E-state index contributed by atoms with van der Waals surface area (Å²) in [6.45, 7) is 3.37. The second-order valence-electron chi connectivity index (χ2n) is 6.97. The number of guanidine groups is 1. The van der Waals surface area contributed by atoms with Crippen molar-refractivity contribution in [1.29, 1.82) is 0 Å². The number of nitrogens with zero attached hydrogens (tertiary/aromatic N) is 1. The van der Waals surface area contributed by atoms with Crippen LogP contribution in [0.3, 0.4) is 0 Å². The molecule has 0 unspecified atom stereocenters. The minimum absolute atomic E-state index is 0. The van der Waals surface area contributed by atoms with E-state index in [1.807, 2.05) is 31.2 Å². The number of carbonyl (C=O) groups is 1. The van der Waals surface area contributed by atoms with Crippen LogP contribution >= 0.6 is 24.0 Å². The van der Waals surface area contributed by atoms with E-state index in [9.17, 15) is 9.90 Å². The Morgan fingerprint density at radius 2 is 1.90 bits per heavy atom. The fraction of sp³-hybridized carbons (Fsp3) is 0.429. The third kappa shape index (κ3) is 7.36. The molecule has 158 valence electrons. The quantitative estimate of drug-likeness (QED) is 0.270. The molecular formula is C21H29IN4O3. The van der Waals surface area contributed by atoms with Gasteiger partial charge in [-0.2, -0.15) is 0 Å². The van der Waals surface area contributed by atoms with Crippen LogP contribution in [0.5, 0.6) is 0 Å². The summed E-state index contributed by atoms with van der Waals surface area (Å²) in [6, 6.07) is 11.3. The molecule has 0 radical (unpaired) electrons. The summed E-state index contributed by atoms with van der Waals surface area (Å²) in [7, 11) is 0. The molecule has 1 heterocycles. The zero-order valence-corrected chi connectivity index (χ0v) is 18.9. The molecule has 1 amide bonds. The summed E-state index contributed by atoms with van der Waals surface area (Å²) >= 11 is 0. The Morgan fingerprint density at radius 3 is 2.52 bits per heavy atom. The van der Waals surface area contributed by atoms with E-state index in [0.29, 0.717) is 18.3 Å². The first-order chi connectivity index (χ1) is 13.6. The third-order valence-electron chi connectivity index (χ3n) is 4.76. The SMILES string of the molecule is CCNC(=NCc1ccc(NC(=O)c2ccco2)cc1)NC1CCC(O)CC1.I. The number of hydrogen-bond donors (Lipinski definition) is 4. The number of carbonyl (C=O) groups excluding carboxylic acids is 1. The fourth-order valence-electron chi connectivity index (χ4n) is 3.20. The summed E-state index contributed by atoms with van der Waals surface area (Å²) in [5, 5.41) is 19.2. The van der Waals surface area contributed by atoms with E-state index in [2.05, 4.69) is 20.9 Å². The van der Waals surface area contributed by atoms with E-state index in [0.717, 1.165) is 43.8 Å². The van der Waals surface area contributed by atoms with Crippen LogP contribution in [-0.2, 0) is 6.54 Å². The molecular weight excluding hydrogens is 483 g/mol. The molecule has 0 saturated heterocycles. The largest absolute Gasteiger partial charge is 0.459 e. The lowest BCUT2D eigenvalue weighted by atomic mass is 9.93. The van der Waals surface area contributed by atoms with E-state index in [1.165, 1.54) is 6.26 Å². The maximum Gasteiger partial charge on any atom is 0.291 e. The molecule has 3 rings (SSSR count). The molecule has 1 aliphatic carbocycles. The maximum absolute atomic E-state index is 12.0. The maximum atomic E-state index is 12.0. The van der Waals surface area contributed by atoms with Gasteiger partial charge in [0.1, 0.15) is 0 Å². The summed E-state index contributed by atoms with van der Waals surface area (Å²) in [5.41, 5.74) is 1.76. The minimum atomic E-state index is -0.271. The lowest BCUT2D eigenvalue weighted by Gasteiger charge is -2.27. The van der Waals surface area contributed by atoms with Gasteiger partial charge in [-0.3, -0.25) is 4.79 Å². The third-order valence-corrected chi connectivity index (χ3v) is 4.76. The number of hydrogen-bond acceptors (Lipinski definition) is 4. The van der Waals surface area contributed by atoms with Gasteiger partial charge in [-0.05, 0) is 62.4 Å². The van der Waals surface area contributed by atoms with Crippen LogP contribution in [0.1, 0.15) is 48.7 Å². The number of anilines is 1. The van der Waals surface area contributed by atoms with Gasteiger partial charge in [-0.25, -0.2) is 4.99 Å². The van der Waals surface area contributed by atoms with Crippen molar-refractivity contribution in [3.63, 3.8) is 0 Å². The van der Waals surface area contributed by atoms with Gasteiger partial charge in [-0.15, -0.1) is 24.0 Å². The Balaban J connectivity index is 0.00000300. The van der Waals surface area contributed by atoms with Gasteiger partial charge in [0.25, 0.3) is 5.91 Å². The predicted octanol–water partition coefficient (Wildman–Crippen LogP) is 3.51. The highest BCUT2D eigenvalue weighted by Crippen LogP contribution is 2.18. The van der Waals surface area contributed by atoms with Gasteiger partial charge in [0.05, 0.1) is 18.9 Å². The van der Waals surface area contributed by atoms with Gasteiger partial charge >= 0.3 is 0 Å². The van der Waals surface area contributed by atoms with Gasteiger partial charge in [0.2, 0.25) is 0 Å². The van der Waals surface area contributed by atoms with Crippen molar-refractivity contribution in [1.82, 2.24) is 10.6 Å². The van der Waals surface area contributed by atoms with Gasteiger partial charge in [0, 0.05) is 18.3 Å². The molecule has 7 nitrogen and oxygen atoms in total. The fourth-order valence-corrected chi connectivity index (χ4v) is 3.20. The molecule has 8 heteroatoms. The number of aliphatic hydroxyl groups is 1. The van der Waals surface area contributed by atoms with Crippen molar-refractivity contribution < 1.29 is 14.3 Å². The molecule has 0 aliphatic heterocycles. The van der Waals surface area contributed by atoms with E-state index in [1.54, 1.807) is 12.1 Å². The molecule has 1 saturated carbocycles. The van der Waals surface area contributed by atoms with Crippen LogP contribution in [0.4, 0.5) is 5.69 Å². The molecule has 0 bridgehead atoms. The summed E-state index contributed by atoms with van der Waals surface area (Å²) in [4.78, 5) is 16.7. The number of aliphatic hydroxyl groups excluding tert-OH is 1. The van der Waals surface area contributed by atoms with Crippen molar-refractivity contribution in [2.45, 2.75) is 51.3 Å². The lowest BCUT2D eigenvalue weighted by Crippen LogP contribution is -2.45. The van der Waals surface area contributed by atoms with Gasteiger partial charge < -0.3 is 25.5 Å². The van der Waals surface area contributed by atoms with Crippen molar-refractivity contribution in [2.75, 3.05) is 11.9 Å². The minimum Gasteiger partial charge on any atom is -0.459 e. The second kappa shape index (κ2) is 11.8. The molecule has 0 atom stereocenters. The Hall–Kier alpha value is -2.07. The van der Waals surface area contributed by atoms with Crippen LogP contribution in [0.15, 0.2) is 52.1 Å². The lowest BCUT2D eigenvalue weighted by molar-refractivity contribution is 0.0996. The van der Waals surface area contributed by atoms with E-state index < -0.39 is 0 Å². The average molecular weight is 512 g/mol. The summed E-state index contributed by atoms with van der Waals surface area (Å²) in [6.07, 6.45) is 4.89. The Labute approximate surface area is 188 Å². The molecule has 4 N–H and O–H groups in total. The number of amides is 1. The highest BCUT2D eigenvalue weighted by atomic mass is 127. The van der Waals surface area contributed by atoms with Crippen molar-refractivity contribution in [3.05, 3.63) is 54.0 Å². The molecule has 1 aromatic heterocycles. The normalized spacial score (nSPS) is 19.2. The van der Waals surface area contributed by atoms with Crippen molar-refractivity contribution in [3.8, 4) is 0 Å². The molecule has 2 aromatic rings. The number of benzene rings is 1. The van der Waals surface area contributed by atoms with Crippen LogP contribution in [-0.4, -0.2) is 35.7 Å². The smallest absolute Gasteiger partial charge is 0.291 e. The van der Waals surface area contributed by atoms with Crippen LogP contribution in [0.2, 0.25) is 0 Å².